The molecule has 2 saturated heterocycles. The van der Waals surface area contributed by atoms with E-state index in [9.17, 15) is 39.9 Å². The van der Waals surface area contributed by atoms with E-state index in [1.165, 1.54) is 59.4 Å². The Hall–Kier alpha value is -5.16. The Labute approximate surface area is 362 Å². The van der Waals surface area contributed by atoms with Crippen molar-refractivity contribution in [3.8, 4) is 23.0 Å². The number of aliphatic hydroxyl groups is 2. The number of hydrazone groups is 1. The van der Waals surface area contributed by atoms with E-state index in [1.54, 1.807) is 39.8 Å². The van der Waals surface area contributed by atoms with Crippen molar-refractivity contribution < 1.29 is 58.9 Å². The zero-order chi connectivity index (χ0) is 45.4. The van der Waals surface area contributed by atoms with Crippen LogP contribution in [0.2, 0.25) is 0 Å². The topological polar surface area (TPSA) is 220 Å². The third kappa shape index (κ3) is 8.87. The fourth-order valence-corrected chi connectivity index (χ4v) is 9.26. The number of fused-ring (bicyclic) bond motifs is 15. The summed E-state index contributed by atoms with van der Waals surface area (Å²) in [5.41, 5.74) is -0.287. The van der Waals surface area contributed by atoms with Crippen molar-refractivity contribution in [3.63, 3.8) is 0 Å². The molecule has 0 spiro atoms. The summed E-state index contributed by atoms with van der Waals surface area (Å²) in [7, 11) is 1.44. The number of esters is 1. The number of hydrogen-bond acceptors (Lipinski definition) is 15. The van der Waals surface area contributed by atoms with E-state index in [4.69, 9.17) is 24.0 Å². The third-order valence-corrected chi connectivity index (χ3v) is 13.2. The molecule has 2 aromatic rings. The molecular weight excluding hydrogens is 801 g/mol. The van der Waals surface area contributed by atoms with Crippen LogP contribution in [0.5, 0.6) is 23.0 Å². The van der Waals surface area contributed by atoms with Gasteiger partial charge < -0.3 is 49.8 Å². The van der Waals surface area contributed by atoms with Gasteiger partial charge in [-0.25, -0.2) is 0 Å². The molecular formula is C46H62N4O12. The van der Waals surface area contributed by atoms with Crippen molar-refractivity contribution in [2.75, 3.05) is 38.6 Å². The van der Waals surface area contributed by atoms with Crippen LogP contribution in [0.3, 0.4) is 0 Å². The van der Waals surface area contributed by atoms with Crippen LogP contribution in [-0.2, 0) is 23.8 Å². The van der Waals surface area contributed by atoms with E-state index < -0.39 is 88.8 Å². The first-order valence-electron chi connectivity index (χ1n) is 21.4. The van der Waals surface area contributed by atoms with Crippen LogP contribution in [0.15, 0.2) is 41.2 Å². The Balaban J connectivity index is 1.50. The third-order valence-electron chi connectivity index (χ3n) is 13.2. The Kier molecular flexibility index (Phi) is 14.0. The summed E-state index contributed by atoms with van der Waals surface area (Å²) in [5, 5.41) is 67.6. The van der Waals surface area contributed by atoms with E-state index in [-0.39, 0.29) is 44.5 Å². The number of nitrogens with zero attached hydrogens (tertiary/aromatic N) is 3. The first-order valence-corrected chi connectivity index (χ1v) is 21.4. The van der Waals surface area contributed by atoms with Gasteiger partial charge in [0, 0.05) is 80.3 Å². The van der Waals surface area contributed by atoms with Gasteiger partial charge >= 0.3 is 11.8 Å². The minimum atomic E-state index is -2.04. The standard InChI is InChI=1S/C46H62N4O12/c1-23-13-12-14-24(2)45(58)48-36-31(21-47-50-19-18-49-17-11-10-15-30(49)22-50)40(55)33-34(41(36)56)39(54)28(6)43-35(33)44(57)46(8,62-43)60-20-16-32(59-9)25(3)42(61-29(7)51)27(5)38(53)26(4)37(23)52/h12-14,16,20-21,23,25-27,30,32,37-38,42,52-56H,10-11,15,17-19,22H2,1-9H3,(H,48,58)/b13-12+,20-16+,24-14-,47-21-/t23-,25+,26+,27+,30?,32-,37-,38+,42+,46-/m0/s1. The molecule has 62 heavy (non-hydrogen) atoms. The van der Waals surface area contributed by atoms with Gasteiger partial charge in [0.15, 0.2) is 5.75 Å². The maximum atomic E-state index is 14.5. The monoisotopic (exact) mass is 862 g/mol. The predicted octanol–water partition coefficient (Wildman–Crippen LogP) is 5.26. The highest BCUT2D eigenvalue weighted by Gasteiger charge is 2.50. The lowest BCUT2D eigenvalue weighted by Crippen LogP contribution is -2.53. The van der Waals surface area contributed by atoms with E-state index >= 15 is 0 Å². The number of amides is 1. The minimum Gasteiger partial charge on any atom is -0.507 e. The zero-order valence-electron chi connectivity index (χ0n) is 37.0. The van der Waals surface area contributed by atoms with Crippen molar-refractivity contribution >= 4 is 40.3 Å². The van der Waals surface area contributed by atoms with Crippen LogP contribution in [0.25, 0.3) is 10.8 Å². The maximum absolute atomic E-state index is 14.5. The molecule has 5 bridgehead atoms. The number of anilines is 1. The maximum Gasteiger partial charge on any atom is 0.312 e. The molecule has 0 saturated carbocycles. The molecule has 2 aromatic carbocycles. The Morgan fingerprint density at radius 2 is 1.68 bits per heavy atom. The average molecular weight is 863 g/mol. The number of ketones is 1. The van der Waals surface area contributed by atoms with Crippen molar-refractivity contribution in [1.82, 2.24) is 9.91 Å². The first kappa shape index (κ1) is 46.3. The van der Waals surface area contributed by atoms with Gasteiger partial charge in [-0.3, -0.25) is 24.3 Å². The molecule has 7 rings (SSSR count). The number of ether oxygens (including phenoxy) is 4. The van der Waals surface area contributed by atoms with E-state index in [2.05, 4.69) is 10.2 Å². The van der Waals surface area contributed by atoms with Crippen molar-refractivity contribution in [2.45, 2.75) is 111 Å². The Bertz CT molecular complexity index is 2190. The van der Waals surface area contributed by atoms with Crippen LogP contribution in [0.1, 0.15) is 89.2 Å². The summed E-state index contributed by atoms with van der Waals surface area (Å²) in [5.74, 6) is -8.27. The molecule has 0 aliphatic carbocycles. The van der Waals surface area contributed by atoms with Gasteiger partial charge in [0.1, 0.15) is 23.4 Å². The van der Waals surface area contributed by atoms with Crippen LogP contribution in [0.4, 0.5) is 5.69 Å². The smallest absolute Gasteiger partial charge is 0.312 e. The Morgan fingerprint density at radius 1 is 0.952 bits per heavy atom. The van der Waals surface area contributed by atoms with Crippen LogP contribution in [-0.4, -0.2) is 129 Å². The number of nitrogens with one attached hydrogen (secondary N) is 1. The number of carbonyl (C=O) groups excluding carboxylic acids is 3. The number of carbonyl (C=O) groups is 3. The number of Topliss-reactive ketones (excluding diaryl/α,β-unsaturated/α-hetero) is 1. The molecule has 6 N–H and O–H groups in total. The quantitative estimate of drug-likeness (QED) is 0.100. The summed E-state index contributed by atoms with van der Waals surface area (Å²) < 4.78 is 23.7. The molecule has 1 unspecified atom stereocenters. The van der Waals surface area contributed by atoms with E-state index in [0.29, 0.717) is 19.1 Å². The van der Waals surface area contributed by atoms with Crippen molar-refractivity contribution in [1.29, 1.82) is 0 Å². The number of methoxy groups -OCH3 is 1. The van der Waals surface area contributed by atoms with Gasteiger partial charge in [0.05, 0.1) is 59.5 Å². The molecule has 0 aromatic heterocycles. The highest BCUT2D eigenvalue weighted by Crippen LogP contribution is 2.55. The molecule has 338 valence electrons. The number of piperidine rings is 1. The average Bonchev–Trinajstić information content (AvgIpc) is 3.51. The van der Waals surface area contributed by atoms with E-state index in [0.717, 1.165) is 32.4 Å². The van der Waals surface area contributed by atoms with Crippen molar-refractivity contribution in [3.05, 3.63) is 52.8 Å². The molecule has 1 amide bonds. The number of piperazine rings is 1. The molecule has 2 fully saturated rings. The Morgan fingerprint density at radius 3 is 2.37 bits per heavy atom. The minimum absolute atomic E-state index is 0.0633. The highest BCUT2D eigenvalue weighted by molar-refractivity contribution is 6.23. The number of rotatable bonds is 4. The molecule has 10 atom stereocenters. The number of benzene rings is 2. The number of aliphatic hydroxyl groups excluding tert-OH is 2. The molecule has 5 aliphatic heterocycles. The summed E-state index contributed by atoms with van der Waals surface area (Å²) in [6.45, 7) is 15.6. The SMILES string of the molecule is CO[C@H]1/C=C/O[C@@]2(C)Oc3c(C)c(O)c4c(O)c(c(/C=N\N5CCN6CCCCC6C5)c(O)c4c3C2=O)NC(=O)/C(C)=C\C=C\[C@H](C)[C@H](O)[C@@H](C)[C@@H](O)[C@@H](C)[C@H](OC(C)=O)[C@@H]1C. The van der Waals surface area contributed by atoms with Gasteiger partial charge in [-0.05, 0) is 39.3 Å². The number of hydrogen-bond donors (Lipinski definition) is 6. The first-order chi connectivity index (χ1) is 29.3. The normalized spacial score (nSPS) is 33.4. The molecule has 5 aliphatic rings. The molecule has 16 heteroatoms. The molecule has 16 nitrogen and oxygen atoms in total. The fraction of sp³-hybridized carbons (Fsp3) is 0.565. The van der Waals surface area contributed by atoms with Crippen LogP contribution in [0, 0.1) is 30.6 Å². The summed E-state index contributed by atoms with van der Waals surface area (Å²) in [6, 6.07) is 0.305. The summed E-state index contributed by atoms with van der Waals surface area (Å²) >= 11 is 0. The number of aromatic hydroxyl groups is 3. The van der Waals surface area contributed by atoms with Gasteiger partial charge in [0.25, 0.3) is 11.7 Å². The fourth-order valence-electron chi connectivity index (χ4n) is 9.26. The summed E-state index contributed by atoms with van der Waals surface area (Å²) in [6.07, 6.45) is 8.25. The second-order valence-electron chi connectivity index (χ2n) is 17.5. The lowest BCUT2D eigenvalue weighted by atomic mass is 9.78. The summed E-state index contributed by atoms with van der Waals surface area (Å²) in [4.78, 5) is 43.2. The van der Waals surface area contributed by atoms with Gasteiger partial charge in [-0.2, -0.15) is 5.10 Å². The highest BCUT2D eigenvalue weighted by atomic mass is 16.7. The second-order valence-corrected chi connectivity index (χ2v) is 17.5. The molecule has 0 radical (unpaired) electrons. The number of allylic oxidation sites excluding steroid dienone is 2. The number of phenolic OH excluding ortho intramolecular Hbond substituents is 3. The van der Waals surface area contributed by atoms with Crippen molar-refractivity contribution in [2.24, 2.45) is 28.8 Å². The molecule has 5 heterocycles. The van der Waals surface area contributed by atoms with Crippen LogP contribution >= 0.6 is 0 Å². The van der Waals surface area contributed by atoms with Gasteiger partial charge in [-0.1, -0.05) is 52.3 Å². The van der Waals surface area contributed by atoms with Gasteiger partial charge in [-0.15, -0.1) is 0 Å². The lowest BCUT2D eigenvalue weighted by Gasteiger charge is -2.42. The second kappa shape index (κ2) is 18.7. The van der Waals surface area contributed by atoms with Crippen LogP contribution < -0.4 is 10.1 Å². The largest absolute Gasteiger partial charge is 0.507 e. The lowest BCUT2D eigenvalue weighted by molar-refractivity contribution is -0.160. The predicted molar refractivity (Wildman–Crippen MR) is 232 cm³/mol. The zero-order valence-corrected chi connectivity index (χ0v) is 37.0. The number of phenols is 3. The van der Waals surface area contributed by atoms with Gasteiger partial charge in [0.2, 0.25) is 0 Å². The van der Waals surface area contributed by atoms with E-state index in [1.807, 2.05) is 5.01 Å².